The Morgan fingerprint density at radius 3 is 2.55 bits per heavy atom. The van der Waals surface area contributed by atoms with Gasteiger partial charge in [0.2, 0.25) is 0 Å². The summed E-state index contributed by atoms with van der Waals surface area (Å²) in [5.74, 6) is -0.205. The standard InChI is InChI=1S/C16H12N2O4/c1-9-8-14(21)22-16-10(9)6-7-13(20)15(16)18-17-11-4-2-3-5-12(11)19/h2-8,19-20H,1H3. The van der Waals surface area contributed by atoms with Gasteiger partial charge in [0.05, 0.1) is 0 Å². The lowest BCUT2D eigenvalue weighted by atomic mass is 10.1. The molecule has 0 fully saturated rings. The number of phenols is 2. The average Bonchev–Trinajstić information content (AvgIpc) is 2.47. The number of nitrogens with zero attached hydrogens (tertiary/aromatic N) is 2. The lowest BCUT2D eigenvalue weighted by Gasteiger charge is -2.04. The number of fused-ring (bicyclic) bond motifs is 1. The number of azo groups is 1. The summed E-state index contributed by atoms with van der Waals surface area (Å²) < 4.78 is 5.14. The molecular weight excluding hydrogens is 284 g/mol. The Balaban J connectivity index is 2.20. The molecule has 0 amide bonds. The Bertz CT molecular complexity index is 945. The van der Waals surface area contributed by atoms with Crippen LogP contribution in [0.25, 0.3) is 11.0 Å². The minimum Gasteiger partial charge on any atom is -0.506 e. The van der Waals surface area contributed by atoms with Gasteiger partial charge in [-0.1, -0.05) is 12.1 Å². The number of aromatic hydroxyl groups is 2. The molecule has 22 heavy (non-hydrogen) atoms. The summed E-state index contributed by atoms with van der Waals surface area (Å²) in [6, 6.07) is 10.9. The van der Waals surface area contributed by atoms with Gasteiger partial charge in [0.15, 0.2) is 11.3 Å². The second-order valence-electron chi connectivity index (χ2n) is 4.75. The van der Waals surface area contributed by atoms with Crippen molar-refractivity contribution in [2.24, 2.45) is 10.2 Å². The maximum Gasteiger partial charge on any atom is 0.336 e. The van der Waals surface area contributed by atoms with E-state index in [0.29, 0.717) is 10.9 Å². The van der Waals surface area contributed by atoms with E-state index in [0.717, 1.165) is 0 Å². The Kier molecular flexibility index (Phi) is 3.34. The fourth-order valence-corrected chi connectivity index (χ4v) is 2.11. The van der Waals surface area contributed by atoms with Crippen molar-refractivity contribution in [3.05, 3.63) is 58.4 Å². The van der Waals surface area contributed by atoms with E-state index in [2.05, 4.69) is 10.2 Å². The average molecular weight is 296 g/mol. The second-order valence-corrected chi connectivity index (χ2v) is 4.75. The zero-order valence-electron chi connectivity index (χ0n) is 11.6. The lowest BCUT2D eigenvalue weighted by Crippen LogP contribution is -1.97. The van der Waals surface area contributed by atoms with Gasteiger partial charge in [-0.2, -0.15) is 0 Å². The van der Waals surface area contributed by atoms with Crippen LogP contribution in [0, 0.1) is 6.92 Å². The van der Waals surface area contributed by atoms with Crippen LogP contribution in [0.3, 0.4) is 0 Å². The highest BCUT2D eigenvalue weighted by Crippen LogP contribution is 2.37. The third-order valence-electron chi connectivity index (χ3n) is 3.21. The molecule has 0 saturated heterocycles. The highest BCUT2D eigenvalue weighted by molar-refractivity contribution is 5.92. The fourth-order valence-electron chi connectivity index (χ4n) is 2.11. The van der Waals surface area contributed by atoms with Crippen LogP contribution in [0.4, 0.5) is 11.4 Å². The monoisotopic (exact) mass is 296 g/mol. The van der Waals surface area contributed by atoms with Crippen LogP contribution in [0.15, 0.2) is 61.9 Å². The largest absolute Gasteiger partial charge is 0.506 e. The summed E-state index contributed by atoms with van der Waals surface area (Å²) >= 11 is 0. The molecule has 110 valence electrons. The molecule has 2 N–H and O–H groups in total. The number of aryl methyl sites for hydroxylation is 1. The van der Waals surface area contributed by atoms with Gasteiger partial charge in [-0.3, -0.25) is 0 Å². The first-order chi connectivity index (χ1) is 10.6. The van der Waals surface area contributed by atoms with Gasteiger partial charge in [0.1, 0.15) is 17.2 Å². The number of benzene rings is 2. The Hall–Kier alpha value is -3.15. The van der Waals surface area contributed by atoms with Gasteiger partial charge in [0.25, 0.3) is 0 Å². The van der Waals surface area contributed by atoms with E-state index in [4.69, 9.17) is 4.42 Å². The Morgan fingerprint density at radius 2 is 1.77 bits per heavy atom. The van der Waals surface area contributed by atoms with Crippen molar-refractivity contribution >= 4 is 22.3 Å². The summed E-state index contributed by atoms with van der Waals surface area (Å²) in [6.07, 6.45) is 0. The summed E-state index contributed by atoms with van der Waals surface area (Å²) in [5, 5.41) is 28.1. The molecule has 3 aromatic rings. The summed E-state index contributed by atoms with van der Waals surface area (Å²) in [4.78, 5) is 11.5. The van der Waals surface area contributed by atoms with Crippen molar-refractivity contribution in [3.63, 3.8) is 0 Å². The van der Waals surface area contributed by atoms with Crippen LogP contribution in [0.2, 0.25) is 0 Å². The van der Waals surface area contributed by atoms with Crippen LogP contribution in [-0.4, -0.2) is 10.2 Å². The molecular formula is C16H12N2O4. The molecule has 3 rings (SSSR count). The number of para-hydroxylation sites is 1. The lowest BCUT2D eigenvalue weighted by molar-refractivity contribution is 0.472. The number of hydrogen-bond acceptors (Lipinski definition) is 6. The van der Waals surface area contributed by atoms with Crippen molar-refractivity contribution in [3.8, 4) is 11.5 Å². The molecule has 6 heteroatoms. The normalized spacial score (nSPS) is 11.3. The molecule has 0 radical (unpaired) electrons. The van der Waals surface area contributed by atoms with E-state index in [1.54, 1.807) is 31.2 Å². The molecule has 6 nitrogen and oxygen atoms in total. The number of phenolic OH excluding ortho intramolecular Hbond substituents is 2. The molecule has 0 bridgehead atoms. The van der Waals surface area contributed by atoms with E-state index in [-0.39, 0.29) is 28.5 Å². The van der Waals surface area contributed by atoms with E-state index in [1.807, 2.05) is 0 Å². The van der Waals surface area contributed by atoms with Crippen LogP contribution in [0.1, 0.15) is 5.56 Å². The first-order valence-corrected chi connectivity index (χ1v) is 6.52. The minimum atomic E-state index is -0.533. The maximum absolute atomic E-state index is 11.5. The molecule has 0 atom stereocenters. The van der Waals surface area contributed by atoms with Gasteiger partial charge in [0, 0.05) is 11.5 Å². The zero-order chi connectivity index (χ0) is 15.7. The van der Waals surface area contributed by atoms with Crippen molar-refractivity contribution < 1.29 is 14.6 Å². The van der Waals surface area contributed by atoms with Crippen LogP contribution in [0.5, 0.6) is 11.5 Å². The summed E-state index contributed by atoms with van der Waals surface area (Å²) in [7, 11) is 0. The summed E-state index contributed by atoms with van der Waals surface area (Å²) in [5.41, 5.74) is 0.625. The molecule has 0 aliphatic heterocycles. The van der Waals surface area contributed by atoms with Crippen LogP contribution in [-0.2, 0) is 0 Å². The smallest absolute Gasteiger partial charge is 0.336 e. The molecule has 0 unspecified atom stereocenters. The Morgan fingerprint density at radius 1 is 1.00 bits per heavy atom. The van der Waals surface area contributed by atoms with E-state index < -0.39 is 5.63 Å². The topological polar surface area (TPSA) is 95.4 Å². The number of hydrogen-bond donors (Lipinski definition) is 2. The highest BCUT2D eigenvalue weighted by atomic mass is 16.4. The zero-order valence-corrected chi connectivity index (χ0v) is 11.6. The van der Waals surface area contributed by atoms with Crippen molar-refractivity contribution in [1.82, 2.24) is 0 Å². The van der Waals surface area contributed by atoms with Gasteiger partial charge in [-0.15, -0.1) is 10.2 Å². The van der Waals surface area contributed by atoms with Gasteiger partial charge in [-0.25, -0.2) is 4.79 Å². The predicted octanol–water partition coefficient (Wildman–Crippen LogP) is 3.93. The van der Waals surface area contributed by atoms with Gasteiger partial charge in [-0.05, 0) is 36.8 Å². The first-order valence-electron chi connectivity index (χ1n) is 6.52. The predicted molar refractivity (Wildman–Crippen MR) is 81.2 cm³/mol. The van der Waals surface area contributed by atoms with E-state index in [9.17, 15) is 15.0 Å². The fraction of sp³-hybridized carbons (Fsp3) is 0.0625. The van der Waals surface area contributed by atoms with Crippen LogP contribution >= 0.6 is 0 Å². The Labute approximate surface area is 125 Å². The van der Waals surface area contributed by atoms with E-state index >= 15 is 0 Å². The quantitative estimate of drug-likeness (QED) is 0.553. The third kappa shape index (κ3) is 2.42. The molecule has 0 saturated carbocycles. The molecule has 0 aliphatic rings. The molecule has 1 heterocycles. The van der Waals surface area contributed by atoms with Crippen molar-refractivity contribution in [2.45, 2.75) is 6.92 Å². The maximum atomic E-state index is 11.5. The SMILES string of the molecule is Cc1cc(=O)oc2c(N=Nc3ccccc3O)c(O)ccc12. The third-order valence-corrected chi connectivity index (χ3v) is 3.21. The number of rotatable bonds is 2. The van der Waals surface area contributed by atoms with Gasteiger partial charge < -0.3 is 14.6 Å². The molecule has 0 spiro atoms. The summed E-state index contributed by atoms with van der Waals surface area (Å²) in [6.45, 7) is 1.76. The molecule has 0 aliphatic carbocycles. The first kappa shape index (κ1) is 13.8. The second kappa shape index (κ2) is 5.33. The highest BCUT2D eigenvalue weighted by Gasteiger charge is 2.12. The molecule has 1 aromatic heterocycles. The minimum absolute atomic E-state index is 0.0383. The van der Waals surface area contributed by atoms with Crippen molar-refractivity contribution in [1.29, 1.82) is 0 Å². The molecule has 2 aromatic carbocycles. The van der Waals surface area contributed by atoms with Gasteiger partial charge >= 0.3 is 5.63 Å². The van der Waals surface area contributed by atoms with E-state index in [1.165, 1.54) is 18.2 Å². The van der Waals surface area contributed by atoms with Crippen LogP contribution < -0.4 is 5.63 Å². The van der Waals surface area contributed by atoms with Crippen molar-refractivity contribution in [2.75, 3.05) is 0 Å².